The van der Waals surface area contributed by atoms with Gasteiger partial charge < -0.3 is 10.6 Å². The minimum absolute atomic E-state index is 0. The molecule has 2 N–H and O–H groups in total. The third-order valence-electron chi connectivity index (χ3n) is 2.26. The minimum atomic E-state index is 0. The number of aryl methyl sites for hydroxylation is 1. The van der Waals surface area contributed by atoms with Crippen LogP contribution in [0.15, 0.2) is 11.2 Å². The maximum Gasteiger partial charge on any atom is 0.191 e. The monoisotopic (exact) mass is 352 g/mol. The summed E-state index contributed by atoms with van der Waals surface area (Å²) in [7, 11) is 0. The Bertz CT molecular complexity index is 363. The summed E-state index contributed by atoms with van der Waals surface area (Å²) in [5, 5.41) is 7.63. The molecular weight excluding hydrogens is 335 g/mol. The van der Waals surface area contributed by atoms with Gasteiger partial charge in [0.25, 0.3) is 0 Å². The summed E-state index contributed by atoms with van der Waals surface area (Å²) in [4.78, 5) is 10.0. The van der Waals surface area contributed by atoms with Gasteiger partial charge in [-0.2, -0.15) is 0 Å². The first kappa shape index (κ1) is 13.7. The molecule has 1 atom stereocenters. The Kier molecular flexibility index (Phi) is 5.47. The summed E-state index contributed by atoms with van der Waals surface area (Å²) >= 11 is 1.76. The summed E-state index contributed by atoms with van der Waals surface area (Å²) in [6.45, 7) is 5.90. The number of guanidine groups is 1. The second-order valence-electron chi connectivity index (χ2n) is 3.66. The van der Waals surface area contributed by atoms with E-state index in [2.05, 4.69) is 34.5 Å². The largest absolute Gasteiger partial charge is 0.352 e. The molecule has 0 amide bonds. The molecule has 1 aliphatic heterocycles. The molecule has 0 fully saturated rings. The van der Waals surface area contributed by atoms with E-state index in [1.54, 1.807) is 11.3 Å². The molecule has 2 heterocycles. The lowest BCUT2D eigenvalue weighted by molar-refractivity contribution is 0.713. The van der Waals surface area contributed by atoms with Gasteiger partial charge in [-0.3, -0.25) is 4.99 Å². The Morgan fingerprint density at radius 2 is 2.44 bits per heavy atom. The Morgan fingerprint density at radius 3 is 3.00 bits per heavy atom. The number of thiazole rings is 1. The van der Waals surface area contributed by atoms with E-state index in [-0.39, 0.29) is 24.0 Å². The van der Waals surface area contributed by atoms with Crippen molar-refractivity contribution in [3.63, 3.8) is 0 Å². The maximum absolute atomic E-state index is 4.34. The number of nitrogens with zero attached hydrogens (tertiary/aromatic N) is 2. The highest BCUT2D eigenvalue weighted by atomic mass is 127. The molecule has 1 unspecified atom stereocenters. The molecule has 0 radical (unpaired) electrons. The van der Waals surface area contributed by atoms with Crippen molar-refractivity contribution in [1.29, 1.82) is 0 Å². The molecule has 0 aromatic carbocycles. The minimum Gasteiger partial charge on any atom is -0.352 e. The van der Waals surface area contributed by atoms with Gasteiger partial charge in [-0.15, -0.1) is 35.3 Å². The van der Waals surface area contributed by atoms with E-state index in [0.717, 1.165) is 30.5 Å². The lowest BCUT2D eigenvalue weighted by Crippen LogP contribution is -2.37. The van der Waals surface area contributed by atoms with Gasteiger partial charge in [0.1, 0.15) is 5.01 Å². The van der Waals surface area contributed by atoms with Crippen LogP contribution in [0.25, 0.3) is 0 Å². The molecular formula is C10H17IN4S. The summed E-state index contributed by atoms with van der Waals surface area (Å²) < 4.78 is 0. The van der Waals surface area contributed by atoms with E-state index in [9.17, 15) is 0 Å². The van der Waals surface area contributed by atoms with Crippen molar-refractivity contribution < 1.29 is 0 Å². The van der Waals surface area contributed by atoms with Crippen molar-refractivity contribution in [3.05, 3.63) is 16.1 Å². The topological polar surface area (TPSA) is 49.3 Å². The lowest BCUT2D eigenvalue weighted by atomic mass is 10.4. The van der Waals surface area contributed by atoms with Crippen LogP contribution >= 0.6 is 35.3 Å². The Morgan fingerprint density at radius 1 is 1.62 bits per heavy atom. The normalized spacial score (nSPS) is 18.6. The van der Waals surface area contributed by atoms with Gasteiger partial charge in [0.05, 0.1) is 13.1 Å². The molecule has 0 aliphatic carbocycles. The van der Waals surface area contributed by atoms with Crippen molar-refractivity contribution in [2.45, 2.75) is 32.9 Å². The Balaban J connectivity index is 0.00000128. The molecule has 0 saturated carbocycles. The van der Waals surface area contributed by atoms with Gasteiger partial charge in [-0.05, 0) is 13.3 Å². The number of aliphatic imine (C=N–C) groups is 1. The van der Waals surface area contributed by atoms with Crippen LogP contribution in [0.3, 0.4) is 0 Å². The molecule has 90 valence electrons. The van der Waals surface area contributed by atoms with E-state index < -0.39 is 0 Å². The van der Waals surface area contributed by atoms with Crippen LogP contribution in [0.4, 0.5) is 0 Å². The van der Waals surface area contributed by atoms with Crippen molar-refractivity contribution in [3.8, 4) is 0 Å². The summed E-state index contributed by atoms with van der Waals surface area (Å²) in [6.07, 6.45) is 3.02. The third-order valence-corrected chi connectivity index (χ3v) is 3.40. The summed E-state index contributed by atoms with van der Waals surface area (Å²) in [6, 6.07) is 0.454. The molecule has 0 spiro atoms. The fourth-order valence-electron chi connectivity index (χ4n) is 1.41. The number of nitrogens with one attached hydrogen (secondary N) is 2. The van der Waals surface area contributed by atoms with E-state index in [0.29, 0.717) is 6.04 Å². The van der Waals surface area contributed by atoms with Crippen molar-refractivity contribution in [2.75, 3.05) is 6.54 Å². The summed E-state index contributed by atoms with van der Waals surface area (Å²) in [5.41, 5.74) is 0. The van der Waals surface area contributed by atoms with Gasteiger partial charge >= 0.3 is 0 Å². The van der Waals surface area contributed by atoms with Crippen LogP contribution in [-0.2, 0) is 13.0 Å². The molecule has 2 rings (SSSR count). The average molecular weight is 352 g/mol. The van der Waals surface area contributed by atoms with Gasteiger partial charge in [0.15, 0.2) is 5.96 Å². The zero-order chi connectivity index (χ0) is 10.7. The molecule has 0 bridgehead atoms. The highest BCUT2D eigenvalue weighted by Gasteiger charge is 2.11. The predicted molar refractivity (Wildman–Crippen MR) is 78.6 cm³/mol. The SMILES string of the molecule is CCc1cnc(CNC2=NCC(C)N2)s1.I. The van der Waals surface area contributed by atoms with Crippen LogP contribution in [0, 0.1) is 0 Å². The summed E-state index contributed by atoms with van der Waals surface area (Å²) in [5.74, 6) is 0.899. The van der Waals surface area contributed by atoms with E-state index >= 15 is 0 Å². The first-order chi connectivity index (χ1) is 7.28. The molecule has 6 heteroatoms. The van der Waals surface area contributed by atoms with E-state index in [1.807, 2.05) is 6.20 Å². The fourth-order valence-corrected chi connectivity index (χ4v) is 2.21. The highest BCUT2D eigenvalue weighted by molar-refractivity contribution is 14.0. The van der Waals surface area contributed by atoms with Crippen LogP contribution in [-0.4, -0.2) is 23.5 Å². The average Bonchev–Trinajstić information content (AvgIpc) is 2.83. The number of rotatable bonds is 3. The highest BCUT2D eigenvalue weighted by Crippen LogP contribution is 2.12. The number of halogens is 1. The van der Waals surface area contributed by atoms with Gasteiger partial charge in [-0.1, -0.05) is 6.92 Å². The fraction of sp³-hybridized carbons (Fsp3) is 0.600. The zero-order valence-electron chi connectivity index (χ0n) is 9.49. The van der Waals surface area contributed by atoms with Gasteiger partial charge in [0.2, 0.25) is 0 Å². The van der Waals surface area contributed by atoms with Crippen LogP contribution in [0.1, 0.15) is 23.7 Å². The van der Waals surface area contributed by atoms with E-state index in [1.165, 1.54) is 4.88 Å². The van der Waals surface area contributed by atoms with Crippen molar-refractivity contribution >= 4 is 41.3 Å². The molecule has 1 aromatic rings. The molecule has 4 nitrogen and oxygen atoms in total. The maximum atomic E-state index is 4.34. The molecule has 1 aliphatic rings. The number of hydrogen-bond donors (Lipinski definition) is 2. The number of aromatic nitrogens is 1. The van der Waals surface area contributed by atoms with Crippen LogP contribution < -0.4 is 10.6 Å². The first-order valence-corrected chi connectivity index (χ1v) is 6.08. The van der Waals surface area contributed by atoms with Crippen LogP contribution in [0.2, 0.25) is 0 Å². The zero-order valence-corrected chi connectivity index (χ0v) is 12.6. The second-order valence-corrected chi connectivity index (χ2v) is 4.86. The number of hydrogen-bond acceptors (Lipinski definition) is 5. The molecule has 16 heavy (non-hydrogen) atoms. The Hall–Kier alpha value is -0.370. The lowest BCUT2D eigenvalue weighted by Gasteiger charge is -2.06. The second kappa shape index (κ2) is 6.39. The van der Waals surface area contributed by atoms with Crippen molar-refractivity contribution in [2.24, 2.45) is 4.99 Å². The predicted octanol–water partition coefficient (Wildman–Crippen LogP) is 1.76. The Labute approximate surface area is 117 Å². The first-order valence-electron chi connectivity index (χ1n) is 5.26. The smallest absolute Gasteiger partial charge is 0.191 e. The standard InChI is InChI=1S/C10H16N4S.HI/c1-3-8-5-11-9(15-8)6-13-10-12-4-7(2)14-10;/h5,7H,3-4,6H2,1-2H3,(H2,12,13,14);1H. The molecule has 0 saturated heterocycles. The molecule has 1 aromatic heterocycles. The van der Waals surface area contributed by atoms with Gasteiger partial charge in [0, 0.05) is 17.1 Å². The van der Waals surface area contributed by atoms with Gasteiger partial charge in [-0.25, -0.2) is 4.98 Å². The van der Waals surface area contributed by atoms with Crippen LogP contribution in [0.5, 0.6) is 0 Å². The quantitative estimate of drug-likeness (QED) is 0.816. The van der Waals surface area contributed by atoms with Crippen molar-refractivity contribution in [1.82, 2.24) is 15.6 Å². The van der Waals surface area contributed by atoms with E-state index in [4.69, 9.17) is 0 Å². The third kappa shape index (κ3) is 3.58.